The number of benzene rings is 1. The number of hydrogen-bond donors (Lipinski definition) is 2. The van der Waals surface area contributed by atoms with Crippen molar-refractivity contribution in [2.24, 2.45) is 5.84 Å². The van der Waals surface area contributed by atoms with Gasteiger partial charge in [0.1, 0.15) is 5.75 Å². The Morgan fingerprint density at radius 2 is 2.21 bits per heavy atom. The molecule has 0 saturated carbocycles. The number of amides is 1. The quantitative estimate of drug-likeness (QED) is 0.487. The van der Waals surface area contributed by atoms with Gasteiger partial charge in [0.05, 0.1) is 4.47 Å². The second kappa shape index (κ2) is 4.97. The van der Waals surface area contributed by atoms with Crippen molar-refractivity contribution in [1.82, 2.24) is 5.43 Å². The highest BCUT2D eigenvalue weighted by atomic mass is 79.9. The first-order valence-electron chi connectivity index (χ1n) is 4.06. The number of ether oxygens (including phenoxy) is 1. The first-order chi connectivity index (χ1) is 6.65. The standard InChI is InChI=1S/C9H11BrN2O2/c1-6(9(13)12-11)14-8-5-3-2-4-7(8)10/h2-6H,11H2,1H3,(H,12,13). The van der Waals surface area contributed by atoms with Crippen molar-refractivity contribution in [2.45, 2.75) is 13.0 Å². The molecule has 1 aromatic carbocycles. The molecule has 1 aromatic rings. The molecule has 0 radical (unpaired) electrons. The summed E-state index contributed by atoms with van der Waals surface area (Å²) < 4.78 is 6.16. The van der Waals surface area contributed by atoms with Crippen LogP contribution in [0.5, 0.6) is 5.75 Å². The van der Waals surface area contributed by atoms with Crippen molar-refractivity contribution in [3.63, 3.8) is 0 Å². The SMILES string of the molecule is CC(Oc1ccccc1Br)C(=O)NN. The van der Waals surface area contributed by atoms with Gasteiger partial charge in [-0.05, 0) is 35.0 Å². The normalized spacial score (nSPS) is 11.9. The molecule has 1 rings (SSSR count). The van der Waals surface area contributed by atoms with E-state index in [2.05, 4.69) is 15.9 Å². The van der Waals surface area contributed by atoms with Crippen LogP contribution in [0.3, 0.4) is 0 Å². The molecule has 0 aliphatic heterocycles. The lowest BCUT2D eigenvalue weighted by molar-refractivity contribution is -0.127. The van der Waals surface area contributed by atoms with Crippen LogP contribution in [0.2, 0.25) is 0 Å². The zero-order valence-electron chi connectivity index (χ0n) is 7.66. The zero-order chi connectivity index (χ0) is 10.6. The summed E-state index contributed by atoms with van der Waals surface area (Å²) in [5.41, 5.74) is 2.03. The Bertz CT molecular complexity index is 330. The van der Waals surface area contributed by atoms with Gasteiger partial charge in [0.2, 0.25) is 0 Å². The highest BCUT2D eigenvalue weighted by Crippen LogP contribution is 2.24. The van der Waals surface area contributed by atoms with Gasteiger partial charge < -0.3 is 4.74 Å². The Morgan fingerprint density at radius 3 is 2.79 bits per heavy atom. The minimum Gasteiger partial charge on any atom is -0.480 e. The minimum absolute atomic E-state index is 0.360. The van der Waals surface area contributed by atoms with Crippen molar-refractivity contribution in [2.75, 3.05) is 0 Å². The molecule has 14 heavy (non-hydrogen) atoms. The number of nitrogens with one attached hydrogen (secondary N) is 1. The fraction of sp³-hybridized carbons (Fsp3) is 0.222. The molecular formula is C9H11BrN2O2. The van der Waals surface area contributed by atoms with Gasteiger partial charge in [-0.1, -0.05) is 12.1 Å². The van der Waals surface area contributed by atoms with E-state index in [-0.39, 0.29) is 5.91 Å². The van der Waals surface area contributed by atoms with Gasteiger partial charge in [-0.3, -0.25) is 10.2 Å². The van der Waals surface area contributed by atoms with Crippen LogP contribution >= 0.6 is 15.9 Å². The third-order valence-electron chi connectivity index (χ3n) is 1.65. The van der Waals surface area contributed by atoms with Gasteiger partial charge >= 0.3 is 0 Å². The molecule has 5 heteroatoms. The van der Waals surface area contributed by atoms with E-state index >= 15 is 0 Å². The number of carbonyl (C=O) groups is 1. The third kappa shape index (κ3) is 2.71. The maximum Gasteiger partial charge on any atom is 0.274 e. The predicted molar refractivity (Wildman–Crippen MR) is 56.6 cm³/mol. The summed E-state index contributed by atoms with van der Waals surface area (Å²) in [4.78, 5) is 11.1. The number of halogens is 1. The first-order valence-corrected chi connectivity index (χ1v) is 4.86. The maximum absolute atomic E-state index is 11.1. The molecule has 1 atom stereocenters. The van der Waals surface area contributed by atoms with E-state index in [9.17, 15) is 4.79 Å². The molecule has 0 bridgehead atoms. The van der Waals surface area contributed by atoms with Crippen LogP contribution < -0.4 is 16.0 Å². The van der Waals surface area contributed by atoms with E-state index < -0.39 is 6.10 Å². The van der Waals surface area contributed by atoms with E-state index in [1.54, 1.807) is 13.0 Å². The second-order valence-electron chi connectivity index (χ2n) is 2.70. The number of hydrogen-bond acceptors (Lipinski definition) is 3. The fourth-order valence-corrected chi connectivity index (χ4v) is 1.28. The van der Waals surface area contributed by atoms with Crippen LogP contribution in [0, 0.1) is 0 Å². The molecule has 1 amide bonds. The number of para-hydroxylation sites is 1. The van der Waals surface area contributed by atoms with Gasteiger partial charge in [0, 0.05) is 0 Å². The van der Waals surface area contributed by atoms with Crippen LogP contribution in [-0.2, 0) is 4.79 Å². The molecule has 0 aromatic heterocycles. The summed E-state index contributed by atoms with van der Waals surface area (Å²) >= 11 is 3.31. The molecule has 1 unspecified atom stereocenters. The molecule has 76 valence electrons. The highest BCUT2D eigenvalue weighted by molar-refractivity contribution is 9.10. The third-order valence-corrected chi connectivity index (χ3v) is 2.31. The van der Waals surface area contributed by atoms with Crippen LogP contribution in [-0.4, -0.2) is 12.0 Å². The smallest absolute Gasteiger partial charge is 0.274 e. The Labute approximate surface area is 90.5 Å². The summed E-state index contributed by atoms with van der Waals surface area (Å²) in [6.07, 6.45) is -0.612. The molecule has 0 saturated heterocycles. The van der Waals surface area contributed by atoms with Gasteiger partial charge in [-0.2, -0.15) is 0 Å². The lowest BCUT2D eigenvalue weighted by Gasteiger charge is -2.13. The topological polar surface area (TPSA) is 64.3 Å². The second-order valence-corrected chi connectivity index (χ2v) is 3.55. The highest BCUT2D eigenvalue weighted by Gasteiger charge is 2.13. The van der Waals surface area contributed by atoms with E-state index in [4.69, 9.17) is 10.6 Å². The Hall–Kier alpha value is -1.07. The molecule has 3 N–H and O–H groups in total. The van der Waals surface area contributed by atoms with Crippen LogP contribution in [0.15, 0.2) is 28.7 Å². The Balaban J connectivity index is 2.69. The molecule has 0 aliphatic carbocycles. The van der Waals surface area contributed by atoms with Crippen molar-refractivity contribution in [1.29, 1.82) is 0 Å². The molecule has 0 heterocycles. The molecule has 0 aliphatic rings. The number of rotatable bonds is 3. The Kier molecular flexibility index (Phi) is 3.91. The van der Waals surface area contributed by atoms with E-state index in [0.29, 0.717) is 5.75 Å². The summed E-state index contributed by atoms with van der Waals surface area (Å²) in [5, 5.41) is 0. The average molecular weight is 259 g/mol. The van der Waals surface area contributed by atoms with Gasteiger partial charge in [-0.15, -0.1) is 0 Å². The van der Waals surface area contributed by atoms with Crippen molar-refractivity contribution in [3.05, 3.63) is 28.7 Å². The molecule has 4 nitrogen and oxygen atoms in total. The van der Waals surface area contributed by atoms with Crippen LogP contribution in [0.1, 0.15) is 6.92 Å². The summed E-state index contributed by atoms with van der Waals surface area (Å²) in [7, 11) is 0. The van der Waals surface area contributed by atoms with Crippen molar-refractivity contribution >= 4 is 21.8 Å². The van der Waals surface area contributed by atoms with Crippen LogP contribution in [0.25, 0.3) is 0 Å². The minimum atomic E-state index is -0.612. The molecule has 0 fully saturated rings. The van der Waals surface area contributed by atoms with Gasteiger partial charge in [-0.25, -0.2) is 5.84 Å². The monoisotopic (exact) mass is 258 g/mol. The largest absolute Gasteiger partial charge is 0.480 e. The lowest BCUT2D eigenvalue weighted by Crippen LogP contribution is -2.40. The lowest BCUT2D eigenvalue weighted by atomic mass is 10.3. The predicted octanol–water partition coefficient (Wildman–Crippen LogP) is 1.21. The summed E-state index contributed by atoms with van der Waals surface area (Å²) in [6, 6.07) is 7.30. The van der Waals surface area contributed by atoms with Gasteiger partial charge in [0.15, 0.2) is 6.10 Å². The summed E-state index contributed by atoms with van der Waals surface area (Å²) in [5.74, 6) is 5.23. The average Bonchev–Trinajstić information content (AvgIpc) is 2.20. The number of hydrazine groups is 1. The van der Waals surface area contributed by atoms with Gasteiger partial charge in [0.25, 0.3) is 5.91 Å². The molecule has 0 spiro atoms. The van der Waals surface area contributed by atoms with Crippen molar-refractivity contribution < 1.29 is 9.53 Å². The van der Waals surface area contributed by atoms with E-state index in [1.165, 1.54) is 0 Å². The first kappa shape index (κ1) is 11.0. The number of nitrogens with two attached hydrogens (primary N) is 1. The maximum atomic E-state index is 11.1. The molecular weight excluding hydrogens is 248 g/mol. The van der Waals surface area contributed by atoms with Crippen molar-refractivity contribution in [3.8, 4) is 5.75 Å². The number of carbonyl (C=O) groups excluding carboxylic acids is 1. The Morgan fingerprint density at radius 1 is 1.57 bits per heavy atom. The van der Waals surface area contributed by atoms with Crippen LogP contribution in [0.4, 0.5) is 0 Å². The fourth-order valence-electron chi connectivity index (χ4n) is 0.902. The van der Waals surface area contributed by atoms with E-state index in [0.717, 1.165) is 4.47 Å². The van der Waals surface area contributed by atoms with E-state index in [1.807, 2.05) is 23.6 Å². The summed E-state index contributed by atoms with van der Waals surface area (Å²) in [6.45, 7) is 1.63. The zero-order valence-corrected chi connectivity index (χ0v) is 9.24.